The van der Waals surface area contributed by atoms with Gasteiger partial charge in [-0.2, -0.15) is 0 Å². The van der Waals surface area contributed by atoms with Crippen molar-refractivity contribution in [1.29, 1.82) is 0 Å². The van der Waals surface area contributed by atoms with E-state index in [1.165, 1.54) is 5.56 Å². The van der Waals surface area contributed by atoms with Crippen molar-refractivity contribution in [3.05, 3.63) is 65.2 Å². The van der Waals surface area contributed by atoms with Gasteiger partial charge >= 0.3 is 0 Å². The molecule has 0 amide bonds. The molecule has 0 saturated heterocycles. The Morgan fingerprint density at radius 2 is 1.74 bits per heavy atom. The first-order chi connectivity index (χ1) is 9.06. The second-order valence-corrected chi connectivity index (χ2v) is 5.25. The summed E-state index contributed by atoms with van der Waals surface area (Å²) >= 11 is 0. The molecule has 0 heterocycles. The molecule has 2 nitrogen and oxygen atoms in total. The van der Waals surface area contributed by atoms with Crippen molar-refractivity contribution in [2.24, 2.45) is 5.92 Å². The maximum absolute atomic E-state index is 12.4. The maximum atomic E-state index is 12.4. The largest absolute Gasteiger partial charge is 0.399 e. The van der Waals surface area contributed by atoms with Gasteiger partial charge in [0.15, 0.2) is 5.78 Å². The zero-order valence-electron chi connectivity index (χ0n) is 11.4. The molecule has 0 saturated carbocycles. The molecule has 0 spiro atoms. The van der Waals surface area contributed by atoms with E-state index < -0.39 is 0 Å². The first-order valence-corrected chi connectivity index (χ1v) is 6.55. The van der Waals surface area contributed by atoms with Crippen molar-refractivity contribution in [3.8, 4) is 0 Å². The van der Waals surface area contributed by atoms with Gasteiger partial charge in [-0.3, -0.25) is 4.79 Å². The molecule has 0 unspecified atom stereocenters. The van der Waals surface area contributed by atoms with E-state index in [9.17, 15) is 4.79 Å². The Morgan fingerprint density at radius 3 is 2.37 bits per heavy atom. The summed E-state index contributed by atoms with van der Waals surface area (Å²) in [7, 11) is 0. The lowest BCUT2D eigenvalue weighted by atomic mass is 9.97. The highest BCUT2D eigenvalue weighted by atomic mass is 16.1. The van der Waals surface area contributed by atoms with E-state index in [0.29, 0.717) is 17.2 Å². The van der Waals surface area contributed by atoms with Gasteiger partial charge in [0.2, 0.25) is 0 Å². The van der Waals surface area contributed by atoms with Crippen LogP contribution in [0.25, 0.3) is 0 Å². The standard InChI is InChI=1S/C17H19NO/c1-12(2)10-13-4-3-5-15(11-13)17(19)14-6-8-16(18)9-7-14/h3-9,11-12H,10,18H2,1-2H3. The molecule has 0 aliphatic rings. The van der Waals surface area contributed by atoms with Crippen molar-refractivity contribution >= 4 is 11.5 Å². The number of benzene rings is 2. The monoisotopic (exact) mass is 253 g/mol. The summed E-state index contributed by atoms with van der Waals surface area (Å²) in [5, 5.41) is 0. The summed E-state index contributed by atoms with van der Waals surface area (Å²) < 4.78 is 0. The van der Waals surface area contributed by atoms with E-state index in [0.717, 1.165) is 12.0 Å². The second-order valence-electron chi connectivity index (χ2n) is 5.25. The molecule has 2 heteroatoms. The number of rotatable bonds is 4. The number of carbonyl (C=O) groups is 1. The lowest BCUT2D eigenvalue weighted by molar-refractivity contribution is 0.103. The van der Waals surface area contributed by atoms with Crippen LogP contribution in [0.5, 0.6) is 0 Å². The summed E-state index contributed by atoms with van der Waals surface area (Å²) in [4.78, 5) is 12.4. The van der Waals surface area contributed by atoms with E-state index in [1.807, 2.05) is 18.2 Å². The molecule has 0 bridgehead atoms. The van der Waals surface area contributed by atoms with E-state index in [-0.39, 0.29) is 5.78 Å². The van der Waals surface area contributed by atoms with Crippen molar-refractivity contribution in [1.82, 2.24) is 0 Å². The van der Waals surface area contributed by atoms with Crippen LogP contribution in [-0.2, 0) is 6.42 Å². The topological polar surface area (TPSA) is 43.1 Å². The zero-order chi connectivity index (χ0) is 13.8. The third kappa shape index (κ3) is 3.44. The molecule has 19 heavy (non-hydrogen) atoms. The van der Waals surface area contributed by atoms with E-state index in [1.54, 1.807) is 24.3 Å². The third-order valence-corrected chi connectivity index (χ3v) is 3.01. The average Bonchev–Trinajstić information content (AvgIpc) is 2.38. The number of ketones is 1. The van der Waals surface area contributed by atoms with Gasteiger partial charge in [0.05, 0.1) is 0 Å². The fraction of sp³-hybridized carbons (Fsp3) is 0.235. The summed E-state index contributed by atoms with van der Waals surface area (Å²) in [6.07, 6.45) is 0.989. The van der Waals surface area contributed by atoms with Gasteiger partial charge in [-0.15, -0.1) is 0 Å². The van der Waals surface area contributed by atoms with Gasteiger partial charge in [-0.05, 0) is 48.2 Å². The van der Waals surface area contributed by atoms with Crippen molar-refractivity contribution in [2.75, 3.05) is 5.73 Å². The molecule has 0 aliphatic heterocycles. The minimum absolute atomic E-state index is 0.0469. The molecule has 2 aromatic rings. The molecular formula is C17H19NO. The van der Waals surface area contributed by atoms with Crippen LogP contribution < -0.4 is 5.73 Å². The Kier molecular flexibility index (Phi) is 4.00. The molecule has 0 fully saturated rings. The maximum Gasteiger partial charge on any atom is 0.193 e. The summed E-state index contributed by atoms with van der Waals surface area (Å²) in [6, 6.07) is 14.9. The molecule has 0 radical (unpaired) electrons. The van der Waals surface area contributed by atoms with Crippen LogP contribution in [0.15, 0.2) is 48.5 Å². The van der Waals surface area contributed by atoms with Gasteiger partial charge in [-0.25, -0.2) is 0 Å². The van der Waals surface area contributed by atoms with Crippen LogP contribution in [0.3, 0.4) is 0 Å². The lowest BCUT2D eigenvalue weighted by Crippen LogP contribution is -2.03. The van der Waals surface area contributed by atoms with Crippen LogP contribution in [0.1, 0.15) is 35.3 Å². The van der Waals surface area contributed by atoms with Crippen LogP contribution in [0.2, 0.25) is 0 Å². The van der Waals surface area contributed by atoms with Gasteiger partial charge < -0.3 is 5.73 Å². The summed E-state index contributed by atoms with van der Waals surface area (Å²) in [5.41, 5.74) is 8.93. The molecule has 0 aromatic heterocycles. The number of anilines is 1. The summed E-state index contributed by atoms with van der Waals surface area (Å²) in [5.74, 6) is 0.632. The van der Waals surface area contributed by atoms with E-state index in [4.69, 9.17) is 5.73 Å². The predicted octanol–water partition coefficient (Wildman–Crippen LogP) is 3.70. The predicted molar refractivity (Wildman–Crippen MR) is 79.3 cm³/mol. The smallest absolute Gasteiger partial charge is 0.193 e. The third-order valence-electron chi connectivity index (χ3n) is 3.01. The highest BCUT2D eigenvalue weighted by Gasteiger charge is 2.09. The number of nitrogens with two attached hydrogens (primary N) is 1. The number of carbonyl (C=O) groups excluding carboxylic acids is 1. The molecule has 2 rings (SSSR count). The van der Waals surface area contributed by atoms with Gasteiger partial charge in [0.25, 0.3) is 0 Å². The summed E-state index contributed by atoms with van der Waals surface area (Å²) in [6.45, 7) is 4.35. The average molecular weight is 253 g/mol. The minimum Gasteiger partial charge on any atom is -0.399 e. The number of hydrogen-bond acceptors (Lipinski definition) is 2. The second kappa shape index (κ2) is 5.70. The Hall–Kier alpha value is -2.09. The van der Waals surface area contributed by atoms with Crippen LogP contribution >= 0.6 is 0 Å². The van der Waals surface area contributed by atoms with Crippen LogP contribution in [0, 0.1) is 5.92 Å². The fourth-order valence-corrected chi connectivity index (χ4v) is 2.11. The highest BCUT2D eigenvalue weighted by molar-refractivity contribution is 6.09. The van der Waals surface area contributed by atoms with E-state index >= 15 is 0 Å². The van der Waals surface area contributed by atoms with Crippen molar-refractivity contribution < 1.29 is 4.79 Å². The number of nitrogen functional groups attached to an aromatic ring is 1. The molecule has 98 valence electrons. The Bertz CT molecular complexity index is 570. The zero-order valence-corrected chi connectivity index (χ0v) is 11.4. The molecule has 2 N–H and O–H groups in total. The van der Waals surface area contributed by atoms with Crippen LogP contribution in [0.4, 0.5) is 5.69 Å². The molecule has 0 atom stereocenters. The Morgan fingerprint density at radius 1 is 1.05 bits per heavy atom. The lowest BCUT2D eigenvalue weighted by Gasteiger charge is -2.07. The first-order valence-electron chi connectivity index (χ1n) is 6.55. The highest BCUT2D eigenvalue weighted by Crippen LogP contribution is 2.15. The quantitative estimate of drug-likeness (QED) is 0.667. The van der Waals surface area contributed by atoms with Crippen molar-refractivity contribution in [3.63, 3.8) is 0 Å². The molecule has 2 aromatic carbocycles. The Balaban J connectivity index is 2.26. The van der Waals surface area contributed by atoms with E-state index in [2.05, 4.69) is 19.9 Å². The van der Waals surface area contributed by atoms with Gasteiger partial charge in [0.1, 0.15) is 0 Å². The van der Waals surface area contributed by atoms with Crippen LogP contribution in [-0.4, -0.2) is 5.78 Å². The SMILES string of the molecule is CC(C)Cc1cccc(C(=O)c2ccc(N)cc2)c1. The van der Waals surface area contributed by atoms with Crippen molar-refractivity contribution in [2.45, 2.75) is 20.3 Å². The van der Waals surface area contributed by atoms with Gasteiger partial charge in [0, 0.05) is 16.8 Å². The minimum atomic E-state index is 0.0469. The molecule has 0 aliphatic carbocycles. The fourth-order valence-electron chi connectivity index (χ4n) is 2.11. The normalized spacial score (nSPS) is 10.7. The van der Waals surface area contributed by atoms with Gasteiger partial charge in [-0.1, -0.05) is 32.0 Å². The Labute approximate surface area is 114 Å². The number of hydrogen-bond donors (Lipinski definition) is 1. The first kappa shape index (κ1) is 13.3. The molecular weight excluding hydrogens is 234 g/mol.